The molecule has 0 saturated heterocycles. The monoisotopic (exact) mass is 341 g/mol. The Morgan fingerprint density at radius 1 is 1.26 bits per heavy atom. The Balaban J connectivity index is 1.96. The molecule has 1 unspecified atom stereocenters. The van der Waals surface area contributed by atoms with E-state index in [4.69, 9.17) is 0 Å². The summed E-state index contributed by atoms with van der Waals surface area (Å²) in [5, 5.41) is 3.47. The molecule has 0 saturated carbocycles. The molecule has 0 amide bonds. The molecule has 2 rings (SSSR count). The fourth-order valence-electron chi connectivity index (χ4n) is 1.86. The van der Waals surface area contributed by atoms with Gasteiger partial charge in [-0.25, -0.2) is 4.39 Å². The maximum atomic E-state index is 13.2. The predicted molar refractivity (Wildman–Crippen MR) is 83.1 cm³/mol. The van der Waals surface area contributed by atoms with Crippen LogP contribution in [-0.2, 0) is 13.0 Å². The lowest BCUT2D eigenvalue weighted by molar-refractivity contribution is 0.573. The van der Waals surface area contributed by atoms with E-state index in [2.05, 4.69) is 47.2 Å². The Labute approximate surface area is 126 Å². The minimum atomic E-state index is -0.221. The number of aryl methyl sites for hydroxylation is 1. The summed E-state index contributed by atoms with van der Waals surface area (Å²) in [6.45, 7) is 5.11. The minimum Gasteiger partial charge on any atom is -0.305 e. The molecule has 102 valence electrons. The third-order valence-electron chi connectivity index (χ3n) is 3.09. The van der Waals surface area contributed by atoms with Crippen LogP contribution in [0, 0.1) is 5.82 Å². The largest absolute Gasteiger partial charge is 0.305 e. The lowest BCUT2D eigenvalue weighted by Crippen LogP contribution is -2.17. The third kappa shape index (κ3) is 3.88. The number of nitrogens with one attached hydrogen (secondary N) is 1. The number of hydrogen-bond acceptors (Lipinski definition) is 2. The van der Waals surface area contributed by atoms with Crippen molar-refractivity contribution in [3.05, 3.63) is 55.9 Å². The van der Waals surface area contributed by atoms with Crippen molar-refractivity contribution in [3.8, 4) is 0 Å². The van der Waals surface area contributed by atoms with Crippen molar-refractivity contribution in [3.63, 3.8) is 0 Å². The molecule has 19 heavy (non-hydrogen) atoms. The van der Waals surface area contributed by atoms with Crippen molar-refractivity contribution in [2.75, 3.05) is 0 Å². The van der Waals surface area contributed by atoms with Gasteiger partial charge in [0.2, 0.25) is 0 Å². The van der Waals surface area contributed by atoms with Crippen LogP contribution in [0.5, 0.6) is 0 Å². The molecule has 1 aromatic heterocycles. The molecule has 1 N–H and O–H groups in total. The molecule has 0 spiro atoms. The van der Waals surface area contributed by atoms with Gasteiger partial charge in [-0.1, -0.05) is 13.0 Å². The highest BCUT2D eigenvalue weighted by molar-refractivity contribution is 9.10. The van der Waals surface area contributed by atoms with Crippen molar-refractivity contribution in [1.29, 1.82) is 0 Å². The zero-order chi connectivity index (χ0) is 13.8. The SMILES string of the molecule is CCc1ccc(CNC(C)c2ccc(F)c(Br)c2)s1. The smallest absolute Gasteiger partial charge is 0.137 e. The topological polar surface area (TPSA) is 12.0 Å². The van der Waals surface area contributed by atoms with Crippen molar-refractivity contribution in [1.82, 2.24) is 5.32 Å². The summed E-state index contributed by atoms with van der Waals surface area (Å²) in [5.41, 5.74) is 1.08. The molecule has 0 aliphatic rings. The van der Waals surface area contributed by atoms with E-state index in [1.165, 1.54) is 15.8 Å². The van der Waals surface area contributed by atoms with Crippen LogP contribution in [0.15, 0.2) is 34.8 Å². The van der Waals surface area contributed by atoms with Crippen LogP contribution >= 0.6 is 27.3 Å². The van der Waals surface area contributed by atoms with E-state index in [1.54, 1.807) is 0 Å². The second-order valence-electron chi connectivity index (χ2n) is 4.50. The number of rotatable bonds is 5. The standard InChI is InChI=1S/C15H17BrFNS/c1-3-12-5-6-13(19-12)9-18-10(2)11-4-7-15(17)14(16)8-11/h4-8,10,18H,3,9H2,1-2H3. The van der Waals surface area contributed by atoms with Crippen molar-refractivity contribution in [2.24, 2.45) is 0 Å². The van der Waals surface area contributed by atoms with E-state index in [0.717, 1.165) is 18.5 Å². The number of benzene rings is 1. The third-order valence-corrected chi connectivity index (χ3v) is 4.93. The molecule has 0 aliphatic carbocycles. The number of thiophene rings is 1. The summed E-state index contributed by atoms with van der Waals surface area (Å²) in [7, 11) is 0. The Morgan fingerprint density at radius 3 is 2.63 bits per heavy atom. The summed E-state index contributed by atoms with van der Waals surface area (Å²) in [4.78, 5) is 2.75. The molecule has 4 heteroatoms. The molecule has 2 aromatic rings. The van der Waals surface area contributed by atoms with E-state index < -0.39 is 0 Å². The summed E-state index contributed by atoms with van der Waals surface area (Å²) in [5.74, 6) is -0.221. The second kappa shape index (κ2) is 6.64. The molecule has 1 aromatic carbocycles. The van der Waals surface area contributed by atoms with Gasteiger partial charge in [-0.3, -0.25) is 0 Å². The van der Waals surface area contributed by atoms with Crippen LogP contribution in [0.3, 0.4) is 0 Å². The van der Waals surface area contributed by atoms with Crippen LogP contribution in [0.4, 0.5) is 4.39 Å². The molecular formula is C15H17BrFNS. The summed E-state index contributed by atoms with van der Waals surface area (Å²) < 4.78 is 13.7. The van der Waals surface area contributed by atoms with Crippen LogP contribution < -0.4 is 5.32 Å². The number of hydrogen-bond donors (Lipinski definition) is 1. The first-order valence-corrected chi connectivity index (χ1v) is 7.97. The first-order chi connectivity index (χ1) is 9.10. The van der Waals surface area contributed by atoms with Gasteiger partial charge in [0.15, 0.2) is 0 Å². The highest BCUT2D eigenvalue weighted by Gasteiger charge is 2.08. The molecular weight excluding hydrogens is 325 g/mol. The quantitative estimate of drug-likeness (QED) is 0.801. The molecule has 0 fully saturated rings. The molecule has 1 nitrogen and oxygen atoms in total. The van der Waals surface area contributed by atoms with Crippen LogP contribution in [-0.4, -0.2) is 0 Å². The summed E-state index contributed by atoms with van der Waals surface area (Å²) >= 11 is 5.07. The predicted octanol–water partition coefficient (Wildman–Crippen LogP) is 5.06. The average Bonchev–Trinajstić information content (AvgIpc) is 2.87. The van der Waals surface area contributed by atoms with Crippen molar-refractivity contribution in [2.45, 2.75) is 32.9 Å². The van der Waals surface area contributed by atoms with Gasteiger partial charge in [-0.05, 0) is 59.1 Å². The van der Waals surface area contributed by atoms with E-state index in [1.807, 2.05) is 23.5 Å². The van der Waals surface area contributed by atoms with Gasteiger partial charge in [-0.15, -0.1) is 11.3 Å². The normalized spacial score (nSPS) is 12.6. The minimum absolute atomic E-state index is 0.198. The fourth-order valence-corrected chi connectivity index (χ4v) is 3.17. The Hall–Kier alpha value is -0.710. The van der Waals surface area contributed by atoms with Gasteiger partial charge in [-0.2, -0.15) is 0 Å². The highest BCUT2D eigenvalue weighted by Crippen LogP contribution is 2.22. The lowest BCUT2D eigenvalue weighted by Gasteiger charge is -2.14. The van der Waals surface area contributed by atoms with Crippen molar-refractivity contribution < 1.29 is 4.39 Å². The van der Waals surface area contributed by atoms with Gasteiger partial charge >= 0.3 is 0 Å². The van der Waals surface area contributed by atoms with Gasteiger partial charge in [0.05, 0.1) is 4.47 Å². The molecule has 0 radical (unpaired) electrons. The highest BCUT2D eigenvalue weighted by atomic mass is 79.9. The zero-order valence-electron chi connectivity index (χ0n) is 11.0. The van der Waals surface area contributed by atoms with E-state index in [0.29, 0.717) is 4.47 Å². The van der Waals surface area contributed by atoms with Crippen LogP contribution in [0.2, 0.25) is 0 Å². The first-order valence-electron chi connectivity index (χ1n) is 6.36. The van der Waals surface area contributed by atoms with Gasteiger partial charge < -0.3 is 5.32 Å². The van der Waals surface area contributed by atoms with E-state index in [-0.39, 0.29) is 11.9 Å². The summed E-state index contributed by atoms with van der Waals surface area (Å²) in [6, 6.07) is 9.70. The Bertz CT molecular complexity index is 553. The summed E-state index contributed by atoms with van der Waals surface area (Å²) in [6.07, 6.45) is 1.09. The molecule has 0 bridgehead atoms. The van der Waals surface area contributed by atoms with Crippen LogP contribution in [0.25, 0.3) is 0 Å². The fraction of sp³-hybridized carbons (Fsp3) is 0.333. The van der Waals surface area contributed by atoms with Crippen molar-refractivity contribution >= 4 is 27.3 Å². The van der Waals surface area contributed by atoms with E-state index in [9.17, 15) is 4.39 Å². The maximum absolute atomic E-state index is 13.2. The molecule has 0 aliphatic heterocycles. The Morgan fingerprint density at radius 2 is 2.00 bits per heavy atom. The second-order valence-corrected chi connectivity index (χ2v) is 6.60. The van der Waals surface area contributed by atoms with Gasteiger partial charge in [0, 0.05) is 22.3 Å². The number of halogens is 2. The maximum Gasteiger partial charge on any atom is 0.137 e. The zero-order valence-corrected chi connectivity index (χ0v) is 13.4. The Kier molecular flexibility index (Phi) is 5.13. The average molecular weight is 342 g/mol. The van der Waals surface area contributed by atoms with Gasteiger partial charge in [0.1, 0.15) is 5.82 Å². The first kappa shape index (κ1) is 14.7. The van der Waals surface area contributed by atoms with Gasteiger partial charge in [0.25, 0.3) is 0 Å². The lowest BCUT2D eigenvalue weighted by atomic mass is 10.1. The molecule has 1 atom stereocenters. The van der Waals surface area contributed by atoms with E-state index >= 15 is 0 Å². The van der Waals surface area contributed by atoms with Crippen LogP contribution in [0.1, 0.15) is 35.2 Å². The molecule has 1 heterocycles.